The summed E-state index contributed by atoms with van der Waals surface area (Å²) in [4.78, 5) is 0. The number of fused-ring (bicyclic) bond motifs is 1. The summed E-state index contributed by atoms with van der Waals surface area (Å²) in [7, 11) is 2.01. The van der Waals surface area contributed by atoms with Gasteiger partial charge in [-0.2, -0.15) is 5.11 Å². The lowest BCUT2D eigenvalue weighted by Crippen LogP contribution is -1.97. The van der Waals surface area contributed by atoms with Gasteiger partial charge in [-0.25, -0.2) is 5.53 Å². The number of aromatic nitrogens is 1. The molecule has 0 aliphatic heterocycles. The number of hydrogen-bond acceptors (Lipinski definition) is 2. The van der Waals surface area contributed by atoms with Crippen LogP contribution in [-0.2, 0) is 7.05 Å². The number of aryl methyl sites for hydroxylation is 1. The van der Waals surface area contributed by atoms with Crippen LogP contribution in [0.2, 0.25) is 0 Å². The van der Waals surface area contributed by atoms with Gasteiger partial charge in [0.05, 0.1) is 0 Å². The smallest absolute Gasteiger partial charge is 0.108 e. The van der Waals surface area contributed by atoms with Crippen molar-refractivity contribution in [1.29, 1.82) is 5.53 Å². The minimum absolute atomic E-state index is 0.0626. The molecule has 0 amide bonds. The van der Waals surface area contributed by atoms with Crippen LogP contribution in [0.4, 0.5) is 0 Å². The van der Waals surface area contributed by atoms with E-state index >= 15 is 0 Å². The molecule has 1 heterocycles. The predicted octanol–water partition coefficient (Wildman–Crippen LogP) is 3.27. The van der Waals surface area contributed by atoms with Crippen LogP contribution in [0, 0.1) is 5.53 Å². The molecule has 0 aliphatic carbocycles. The van der Waals surface area contributed by atoms with Gasteiger partial charge in [-0.05, 0) is 24.4 Å². The average Bonchev–Trinajstić information content (AvgIpc) is 2.56. The molecule has 0 saturated carbocycles. The van der Waals surface area contributed by atoms with Crippen LogP contribution in [0.1, 0.15) is 18.7 Å². The number of nitrogens with zero attached hydrogens (tertiary/aromatic N) is 2. The summed E-state index contributed by atoms with van der Waals surface area (Å²) < 4.78 is 2.10. The highest BCUT2D eigenvalue weighted by Crippen LogP contribution is 2.24. The van der Waals surface area contributed by atoms with Gasteiger partial charge in [0.25, 0.3) is 0 Å². The molecule has 1 atom stereocenters. The molecule has 1 aromatic carbocycles. The van der Waals surface area contributed by atoms with Crippen molar-refractivity contribution in [2.75, 3.05) is 0 Å². The second-order valence-corrected chi connectivity index (χ2v) is 3.49. The molecule has 1 aromatic heterocycles. The Morgan fingerprint density at radius 1 is 1.36 bits per heavy atom. The Kier molecular flexibility index (Phi) is 2.08. The normalized spacial score (nSPS) is 13.0. The minimum atomic E-state index is -0.0626. The van der Waals surface area contributed by atoms with E-state index in [-0.39, 0.29) is 6.04 Å². The maximum Gasteiger partial charge on any atom is 0.108 e. The molecule has 14 heavy (non-hydrogen) atoms. The fourth-order valence-corrected chi connectivity index (χ4v) is 1.78. The zero-order valence-corrected chi connectivity index (χ0v) is 8.36. The maximum absolute atomic E-state index is 7.03. The lowest BCUT2D eigenvalue weighted by atomic mass is 10.2. The third-order valence-electron chi connectivity index (χ3n) is 2.61. The summed E-state index contributed by atoms with van der Waals surface area (Å²) in [5.74, 6) is 0. The quantitative estimate of drug-likeness (QED) is 0.701. The largest absolute Gasteiger partial charge is 0.346 e. The second kappa shape index (κ2) is 3.25. The zero-order valence-electron chi connectivity index (χ0n) is 8.36. The SMILES string of the molecule is CC(N=N)c1cc2ccccc2n1C. The molecule has 3 nitrogen and oxygen atoms in total. The summed E-state index contributed by atoms with van der Waals surface area (Å²) in [6.07, 6.45) is 0. The van der Waals surface area contributed by atoms with Crippen molar-refractivity contribution in [3.63, 3.8) is 0 Å². The van der Waals surface area contributed by atoms with Crippen LogP contribution in [0.15, 0.2) is 35.4 Å². The van der Waals surface area contributed by atoms with Crippen LogP contribution >= 0.6 is 0 Å². The molecule has 0 fully saturated rings. The van der Waals surface area contributed by atoms with Crippen LogP contribution < -0.4 is 0 Å². The Morgan fingerprint density at radius 3 is 2.71 bits per heavy atom. The second-order valence-electron chi connectivity index (χ2n) is 3.49. The third-order valence-corrected chi connectivity index (χ3v) is 2.61. The Balaban J connectivity index is 2.68. The van der Waals surface area contributed by atoms with E-state index in [9.17, 15) is 0 Å². The predicted molar refractivity (Wildman–Crippen MR) is 56.5 cm³/mol. The summed E-state index contributed by atoms with van der Waals surface area (Å²) in [5, 5.41) is 4.75. The van der Waals surface area contributed by atoms with E-state index in [0.29, 0.717) is 0 Å². The van der Waals surface area contributed by atoms with Gasteiger partial charge in [-0.1, -0.05) is 18.2 Å². The van der Waals surface area contributed by atoms with Crippen LogP contribution in [0.25, 0.3) is 10.9 Å². The zero-order chi connectivity index (χ0) is 10.1. The first-order valence-electron chi connectivity index (χ1n) is 4.65. The summed E-state index contributed by atoms with van der Waals surface area (Å²) in [6, 6.07) is 10.2. The molecule has 2 aromatic rings. The highest BCUT2D eigenvalue weighted by Gasteiger charge is 2.10. The van der Waals surface area contributed by atoms with Crippen LogP contribution in [0.5, 0.6) is 0 Å². The van der Waals surface area contributed by atoms with Gasteiger partial charge in [0.15, 0.2) is 0 Å². The topological polar surface area (TPSA) is 41.1 Å². The highest BCUT2D eigenvalue weighted by molar-refractivity contribution is 5.81. The molecule has 2 rings (SSSR count). The Hall–Kier alpha value is -1.64. The van der Waals surface area contributed by atoms with Crippen molar-refractivity contribution in [3.05, 3.63) is 36.0 Å². The molecule has 1 N–H and O–H groups in total. The van der Waals surface area contributed by atoms with E-state index in [2.05, 4.69) is 27.9 Å². The monoisotopic (exact) mass is 187 g/mol. The molecule has 1 unspecified atom stereocenters. The van der Waals surface area contributed by atoms with Gasteiger partial charge >= 0.3 is 0 Å². The summed E-state index contributed by atoms with van der Waals surface area (Å²) in [6.45, 7) is 1.93. The van der Waals surface area contributed by atoms with E-state index in [1.165, 1.54) is 10.9 Å². The molecule has 0 bridgehead atoms. The van der Waals surface area contributed by atoms with Crippen molar-refractivity contribution in [3.8, 4) is 0 Å². The fourth-order valence-electron chi connectivity index (χ4n) is 1.78. The van der Waals surface area contributed by atoms with E-state index in [4.69, 9.17) is 5.53 Å². The fraction of sp³-hybridized carbons (Fsp3) is 0.273. The van der Waals surface area contributed by atoms with Crippen LogP contribution in [0.3, 0.4) is 0 Å². The number of para-hydroxylation sites is 1. The first-order valence-corrected chi connectivity index (χ1v) is 4.65. The molecular formula is C11H13N3. The standard InChI is InChI=1S/C11H13N3/c1-8(13-12)11-7-9-5-3-4-6-10(9)14(11)2/h3-8,12H,1-2H3. The summed E-state index contributed by atoms with van der Waals surface area (Å²) in [5.41, 5.74) is 9.30. The van der Waals surface area contributed by atoms with E-state index in [0.717, 1.165) is 5.69 Å². The molecule has 0 radical (unpaired) electrons. The van der Waals surface area contributed by atoms with Crippen molar-refractivity contribution >= 4 is 10.9 Å². The Morgan fingerprint density at radius 2 is 2.07 bits per heavy atom. The highest BCUT2D eigenvalue weighted by atomic mass is 15.0. The first-order chi connectivity index (χ1) is 6.74. The molecule has 0 spiro atoms. The first kappa shape index (κ1) is 8.94. The number of rotatable bonds is 2. The van der Waals surface area contributed by atoms with Gasteiger partial charge in [0, 0.05) is 18.3 Å². The average molecular weight is 187 g/mol. The van der Waals surface area contributed by atoms with Crippen LogP contribution in [-0.4, -0.2) is 4.57 Å². The van der Waals surface area contributed by atoms with Gasteiger partial charge < -0.3 is 4.57 Å². The molecule has 3 heteroatoms. The van der Waals surface area contributed by atoms with Gasteiger partial charge in [0.1, 0.15) is 6.04 Å². The lowest BCUT2D eigenvalue weighted by molar-refractivity contribution is 0.675. The minimum Gasteiger partial charge on any atom is -0.346 e. The molecule has 0 aliphatic rings. The summed E-state index contributed by atoms with van der Waals surface area (Å²) >= 11 is 0. The molecule has 0 saturated heterocycles. The van der Waals surface area contributed by atoms with Gasteiger partial charge in [-0.3, -0.25) is 0 Å². The van der Waals surface area contributed by atoms with E-state index in [1.807, 2.05) is 26.1 Å². The number of nitrogens with one attached hydrogen (secondary N) is 1. The maximum atomic E-state index is 7.03. The van der Waals surface area contributed by atoms with Crippen molar-refractivity contribution in [2.45, 2.75) is 13.0 Å². The molecular weight excluding hydrogens is 174 g/mol. The third kappa shape index (κ3) is 1.21. The van der Waals surface area contributed by atoms with Crippen molar-refractivity contribution in [1.82, 2.24) is 4.57 Å². The Labute approximate surface area is 82.9 Å². The van der Waals surface area contributed by atoms with Crippen molar-refractivity contribution in [2.24, 2.45) is 12.2 Å². The lowest BCUT2D eigenvalue weighted by Gasteiger charge is -2.05. The van der Waals surface area contributed by atoms with Gasteiger partial charge in [-0.15, -0.1) is 0 Å². The van der Waals surface area contributed by atoms with E-state index < -0.39 is 0 Å². The Bertz CT molecular complexity index is 470. The van der Waals surface area contributed by atoms with Gasteiger partial charge in [0.2, 0.25) is 0 Å². The van der Waals surface area contributed by atoms with Crippen molar-refractivity contribution < 1.29 is 0 Å². The van der Waals surface area contributed by atoms with E-state index in [1.54, 1.807) is 0 Å². The number of benzene rings is 1. The number of hydrogen-bond donors (Lipinski definition) is 1. The molecule has 72 valence electrons.